The zero-order chi connectivity index (χ0) is 26.7. The van der Waals surface area contributed by atoms with Gasteiger partial charge in [0.05, 0.1) is 25.8 Å². The predicted octanol–water partition coefficient (Wildman–Crippen LogP) is 5.21. The first-order chi connectivity index (χ1) is 17.6. The highest BCUT2D eigenvalue weighted by molar-refractivity contribution is 7.93. The van der Waals surface area contributed by atoms with Gasteiger partial charge in [-0.15, -0.1) is 11.3 Å². The molecule has 1 fully saturated rings. The van der Waals surface area contributed by atoms with Crippen LogP contribution in [0.2, 0.25) is 5.02 Å². The van der Waals surface area contributed by atoms with Crippen molar-refractivity contribution in [2.45, 2.75) is 42.8 Å². The van der Waals surface area contributed by atoms with Gasteiger partial charge in [-0.1, -0.05) is 11.6 Å². The smallest absolute Gasteiger partial charge is 0.269 e. The van der Waals surface area contributed by atoms with Crippen LogP contribution < -0.4 is 18.5 Å². The molecule has 1 aliphatic rings. The van der Waals surface area contributed by atoms with Gasteiger partial charge >= 0.3 is 0 Å². The van der Waals surface area contributed by atoms with E-state index in [1.807, 2.05) is 14.1 Å². The maximum atomic E-state index is 15.4. The van der Waals surface area contributed by atoms with E-state index in [4.69, 9.17) is 25.8 Å². The summed E-state index contributed by atoms with van der Waals surface area (Å²) < 4.78 is 60.8. The van der Waals surface area contributed by atoms with Crippen LogP contribution in [0.15, 0.2) is 46.8 Å². The van der Waals surface area contributed by atoms with Gasteiger partial charge in [-0.3, -0.25) is 0 Å². The number of aromatic nitrogens is 1. The average Bonchev–Trinajstić information content (AvgIpc) is 3.56. The summed E-state index contributed by atoms with van der Waals surface area (Å²) in [4.78, 5) is 5.67. The van der Waals surface area contributed by atoms with Crippen LogP contribution in [0.5, 0.6) is 17.2 Å². The summed E-state index contributed by atoms with van der Waals surface area (Å²) in [7, 11) is 2.52. The first-order valence-electron chi connectivity index (χ1n) is 11.6. The van der Waals surface area contributed by atoms with Crippen molar-refractivity contribution in [2.75, 3.05) is 32.6 Å². The molecule has 0 bridgehead atoms. The number of ether oxygens (including phenoxy) is 3. The van der Waals surface area contributed by atoms with Crippen LogP contribution >= 0.6 is 22.9 Å². The van der Waals surface area contributed by atoms with Gasteiger partial charge in [0.1, 0.15) is 34.1 Å². The minimum atomic E-state index is -4.41. The molecule has 37 heavy (non-hydrogen) atoms. The van der Waals surface area contributed by atoms with Crippen molar-refractivity contribution in [1.82, 2.24) is 9.88 Å². The molecule has 2 aromatic carbocycles. The summed E-state index contributed by atoms with van der Waals surface area (Å²) in [5.74, 6) is 0.137. The quantitative estimate of drug-likeness (QED) is 0.331. The van der Waals surface area contributed by atoms with E-state index < -0.39 is 20.7 Å². The van der Waals surface area contributed by atoms with Crippen molar-refractivity contribution < 1.29 is 27.0 Å². The monoisotopic (exact) mass is 569 g/mol. The first-order valence-corrected chi connectivity index (χ1v) is 14.3. The predicted molar refractivity (Wildman–Crippen MR) is 142 cm³/mol. The second-order valence-corrected chi connectivity index (χ2v) is 11.9. The minimum Gasteiger partial charge on any atom is -0.497 e. The molecule has 4 rings (SSSR count). The number of thiazole rings is 1. The van der Waals surface area contributed by atoms with Gasteiger partial charge in [-0.2, -0.15) is 0 Å². The Morgan fingerprint density at radius 1 is 1.14 bits per heavy atom. The van der Waals surface area contributed by atoms with E-state index in [1.54, 1.807) is 23.6 Å². The third kappa shape index (κ3) is 5.79. The van der Waals surface area contributed by atoms with Crippen LogP contribution in [0.3, 0.4) is 0 Å². The summed E-state index contributed by atoms with van der Waals surface area (Å²) in [5.41, 5.74) is 0.546. The van der Waals surface area contributed by atoms with E-state index in [0.717, 1.165) is 47.0 Å². The van der Waals surface area contributed by atoms with Crippen LogP contribution in [-0.2, 0) is 16.6 Å². The molecular weight excluding hydrogens is 541 g/mol. The number of hydrogen-bond donors (Lipinski definition) is 0. The molecular formula is C25H29ClFN3O5S2. The van der Waals surface area contributed by atoms with Gasteiger partial charge in [0.25, 0.3) is 10.0 Å². The largest absolute Gasteiger partial charge is 0.497 e. The topological polar surface area (TPSA) is 81.2 Å². The Labute approximate surface area is 225 Å². The highest BCUT2D eigenvalue weighted by Gasteiger charge is 2.34. The Hall–Kier alpha value is -2.60. The molecule has 1 saturated carbocycles. The lowest BCUT2D eigenvalue weighted by atomic mass is 10.2. The number of rotatable bonds is 10. The van der Waals surface area contributed by atoms with Crippen molar-refractivity contribution in [3.63, 3.8) is 0 Å². The third-order valence-electron chi connectivity index (χ3n) is 6.35. The molecule has 0 N–H and O–H groups in total. The maximum Gasteiger partial charge on any atom is 0.269 e. The molecule has 12 heteroatoms. The molecule has 0 spiro atoms. The molecule has 200 valence electrons. The van der Waals surface area contributed by atoms with E-state index in [0.29, 0.717) is 17.1 Å². The van der Waals surface area contributed by atoms with E-state index in [1.165, 1.54) is 20.4 Å². The number of sulfonamides is 1. The summed E-state index contributed by atoms with van der Waals surface area (Å²) >= 11 is 7.56. The summed E-state index contributed by atoms with van der Waals surface area (Å²) in [5, 5.41) is 1.84. The Morgan fingerprint density at radius 3 is 2.57 bits per heavy atom. The van der Waals surface area contributed by atoms with Crippen molar-refractivity contribution in [3.05, 3.63) is 58.3 Å². The Balaban J connectivity index is 1.69. The fraction of sp³-hybridized carbons (Fsp3) is 0.400. The highest BCUT2D eigenvalue weighted by Crippen LogP contribution is 2.37. The van der Waals surface area contributed by atoms with Crippen LogP contribution in [0.1, 0.15) is 24.8 Å². The number of hydrogen-bond acceptors (Lipinski definition) is 8. The Kier molecular flexibility index (Phi) is 8.47. The molecule has 1 aliphatic carbocycles. The van der Waals surface area contributed by atoms with Crippen molar-refractivity contribution in [3.8, 4) is 17.2 Å². The second kappa shape index (κ2) is 11.4. The van der Waals surface area contributed by atoms with Crippen LogP contribution in [-0.4, -0.2) is 58.8 Å². The van der Waals surface area contributed by atoms with Crippen molar-refractivity contribution in [1.29, 1.82) is 0 Å². The highest BCUT2D eigenvalue weighted by atomic mass is 35.5. The third-order valence-corrected chi connectivity index (χ3v) is 9.31. The number of anilines is 1. The normalized spacial score (nSPS) is 17.7. The van der Waals surface area contributed by atoms with E-state index in [2.05, 4.69) is 9.88 Å². The number of methoxy groups -OCH3 is 2. The fourth-order valence-corrected chi connectivity index (χ4v) is 7.06. The van der Waals surface area contributed by atoms with Gasteiger partial charge in [-0.25, -0.2) is 22.1 Å². The van der Waals surface area contributed by atoms with Gasteiger partial charge in [0.2, 0.25) is 0 Å². The van der Waals surface area contributed by atoms with Gasteiger partial charge in [0, 0.05) is 35.3 Å². The fourth-order valence-electron chi connectivity index (χ4n) is 4.45. The van der Waals surface area contributed by atoms with E-state index in [-0.39, 0.29) is 34.6 Å². The summed E-state index contributed by atoms with van der Waals surface area (Å²) in [6, 6.07) is 7.36. The molecule has 0 radical (unpaired) electrons. The molecule has 1 aromatic heterocycles. The molecule has 0 unspecified atom stereocenters. The van der Waals surface area contributed by atoms with Crippen LogP contribution in [0, 0.1) is 5.82 Å². The molecule has 8 nitrogen and oxygen atoms in total. The molecule has 3 aromatic rings. The average molecular weight is 570 g/mol. The molecule has 0 amide bonds. The molecule has 0 aliphatic heterocycles. The zero-order valence-electron chi connectivity index (χ0n) is 21.0. The lowest BCUT2D eigenvalue weighted by Crippen LogP contribution is -2.38. The number of benzene rings is 2. The standard InChI is InChI=1S/C25H29ClFN3O5S2/c1-29(2)20-6-5-7-21(20)35-23-14-19(27)24(13-18(23)26)37(31,32)30(25-28-10-11-36-25)15-16-8-9-17(33-3)12-22(16)34-4/h8-14,20-21H,5-7,15H2,1-4H3/t20-,21-/m1/s1. The van der Waals surface area contributed by atoms with Crippen molar-refractivity contribution >= 4 is 38.1 Å². The van der Waals surface area contributed by atoms with Gasteiger partial charge in [0.15, 0.2) is 5.13 Å². The minimum absolute atomic E-state index is 0.0190. The number of likely N-dealkylation sites (N-methyl/N-ethyl adjacent to an activating group) is 1. The van der Waals surface area contributed by atoms with E-state index >= 15 is 4.39 Å². The Bertz CT molecular complexity index is 1340. The Morgan fingerprint density at radius 2 is 1.92 bits per heavy atom. The lowest BCUT2D eigenvalue weighted by Gasteiger charge is -2.27. The lowest BCUT2D eigenvalue weighted by molar-refractivity contribution is 0.121. The van der Waals surface area contributed by atoms with Crippen LogP contribution in [0.25, 0.3) is 0 Å². The SMILES string of the molecule is COc1ccc(CN(c2nccs2)S(=O)(=O)c2cc(Cl)c(O[C@@H]3CCC[C@H]3N(C)C)cc2F)c(OC)c1. The summed E-state index contributed by atoms with van der Waals surface area (Å²) in [6.07, 6.45) is 4.07. The van der Waals surface area contributed by atoms with E-state index in [9.17, 15) is 8.42 Å². The molecule has 1 heterocycles. The van der Waals surface area contributed by atoms with Gasteiger partial charge < -0.3 is 19.1 Å². The van der Waals surface area contributed by atoms with Crippen molar-refractivity contribution in [2.24, 2.45) is 0 Å². The molecule has 2 atom stereocenters. The summed E-state index contributed by atoms with van der Waals surface area (Å²) in [6.45, 7) is -0.148. The molecule has 0 saturated heterocycles. The maximum absolute atomic E-state index is 15.4. The first kappa shape index (κ1) is 27.4. The number of halogens is 2. The van der Waals surface area contributed by atoms with Gasteiger partial charge in [-0.05, 0) is 51.6 Å². The second-order valence-electron chi connectivity index (χ2n) is 8.84. The van der Waals surface area contributed by atoms with Crippen LogP contribution in [0.4, 0.5) is 9.52 Å². The number of nitrogens with zero attached hydrogens (tertiary/aromatic N) is 3. The zero-order valence-corrected chi connectivity index (χ0v) is 23.4.